The third-order valence-corrected chi connectivity index (χ3v) is 6.70. The Hall–Kier alpha value is -0.940. The molecule has 3 nitrogen and oxygen atoms in total. The van der Waals surface area contributed by atoms with Gasteiger partial charge in [-0.1, -0.05) is 26.3 Å². The molecular weight excluding hydrogens is 289 g/mol. The molecule has 1 aromatic rings. The first-order chi connectivity index (χ1) is 9.98. The Labute approximate surface area is 126 Å². The molecule has 0 amide bonds. The minimum Gasteiger partial charge on any atom is -0.313 e. The average Bonchev–Trinajstić information content (AvgIpc) is 2.48. The Morgan fingerprint density at radius 2 is 2.05 bits per heavy atom. The van der Waals surface area contributed by atoms with E-state index in [0.717, 1.165) is 31.9 Å². The molecule has 0 radical (unpaired) electrons. The van der Waals surface area contributed by atoms with E-state index in [1.54, 1.807) is 0 Å². The zero-order chi connectivity index (χ0) is 15.5. The number of halogens is 1. The van der Waals surface area contributed by atoms with Gasteiger partial charge in [-0.25, -0.2) is 12.8 Å². The molecule has 5 heteroatoms. The van der Waals surface area contributed by atoms with Crippen molar-refractivity contribution in [2.45, 2.75) is 55.7 Å². The summed E-state index contributed by atoms with van der Waals surface area (Å²) in [5, 5.41) is 2.84. The van der Waals surface area contributed by atoms with Gasteiger partial charge in [0.05, 0.1) is 10.1 Å². The second-order valence-corrected chi connectivity index (χ2v) is 7.96. The summed E-state index contributed by atoms with van der Waals surface area (Å²) in [6, 6.07) is 5.33. The van der Waals surface area contributed by atoms with Crippen molar-refractivity contribution in [2.75, 3.05) is 6.54 Å². The zero-order valence-electron chi connectivity index (χ0n) is 12.7. The molecule has 1 aliphatic carbocycles. The number of rotatable bonds is 5. The fraction of sp³-hybridized carbons (Fsp3) is 0.625. The quantitative estimate of drug-likeness (QED) is 0.908. The van der Waals surface area contributed by atoms with Crippen molar-refractivity contribution in [3.8, 4) is 0 Å². The first kappa shape index (κ1) is 16.4. The van der Waals surface area contributed by atoms with E-state index in [4.69, 9.17) is 0 Å². The summed E-state index contributed by atoms with van der Waals surface area (Å²) in [7, 11) is -3.50. The summed E-state index contributed by atoms with van der Waals surface area (Å²) in [5.41, 5.74) is 0. The van der Waals surface area contributed by atoms with Gasteiger partial charge >= 0.3 is 0 Å². The Kier molecular flexibility index (Phi) is 5.38. The molecule has 2 rings (SSSR count). The van der Waals surface area contributed by atoms with Crippen molar-refractivity contribution in [3.63, 3.8) is 0 Å². The molecule has 1 fully saturated rings. The largest absolute Gasteiger partial charge is 0.313 e. The lowest BCUT2D eigenvalue weighted by atomic mass is 9.84. The fourth-order valence-corrected chi connectivity index (χ4v) is 5.33. The zero-order valence-corrected chi connectivity index (χ0v) is 13.5. The highest BCUT2D eigenvalue weighted by atomic mass is 32.2. The van der Waals surface area contributed by atoms with E-state index in [1.807, 2.05) is 6.92 Å². The lowest BCUT2D eigenvalue weighted by Crippen LogP contribution is -2.48. The standard InChI is InChI=1S/C16H24FNO2S/c1-3-12-8-9-15(18-4-2)16(10-12)21(19,20)14-7-5-6-13(17)11-14/h5-7,11-12,15-16,18H,3-4,8-10H2,1-2H3. The third kappa shape index (κ3) is 3.64. The van der Waals surface area contributed by atoms with Crippen LogP contribution in [0.2, 0.25) is 0 Å². The summed E-state index contributed by atoms with van der Waals surface area (Å²) in [5.74, 6) is -0.0628. The molecular formula is C16H24FNO2S. The minimum absolute atomic E-state index is 0.0360. The second kappa shape index (κ2) is 6.88. The van der Waals surface area contributed by atoms with Gasteiger partial charge in [0.2, 0.25) is 0 Å². The molecule has 1 aromatic carbocycles. The molecule has 1 aliphatic rings. The lowest BCUT2D eigenvalue weighted by Gasteiger charge is -2.36. The Morgan fingerprint density at radius 3 is 2.67 bits per heavy atom. The summed E-state index contributed by atoms with van der Waals surface area (Å²) in [6.45, 7) is 4.83. The first-order valence-electron chi connectivity index (χ1n) is 7.71. The molecule has 0 aromatic heterocycles. The molecule has 21 heavy (non-hydrogen) atoms. The van der Waals surface area contributed by atoms with Crippen molar-refractivity contribution >= 4 is 9.84 Å². The van der Waals surface area contributed by atoms with Crippen LogP contribution in [0.4, 0.5) is 4.39 Å². The second-order valence-electron chi connectivity index (χ2n) is 5.79. The maximum Gasteiger partial charge on any atom is 0.182 e. The van der Waals surface area contributed by atoms with Crippen molar-refractivity contribution in [1.29, 1.82) is 0 Å². The van der Waals surface area contributed by atoms with Crippen LogP contribution in [0.3, 0.4) is 0 Å². The highest BCUT2D eigenvalue weighted by molar-refractivity contribution is 7.92. The van der Waals surface area contributed by atoms with Gasteiger partial charge in [-0.05, 0) is 49.9 Å². The van der Waals surface area contributed by atoms with Crippen molar-refractivity contribution < 1.29 is 12.8 Å². The van der Waals surface area contributed by atoms with E-state index < -0.39 is 20.9 Å². The molecule has 3 atom stereocenters. The topological polar surface area (TPSA) is 46.2 Å². The van der Waals surface area contributed by atoms with Gasteiger partial charge in [0.15, 0.2) is 9.84 Å². The van der Waals surface area contributed by atoms with E-state index in [1.165, 1.54) is 18.2 Å². The first-order valence-corrected chi connectivity index (χ1v) is 9.26. The summed E-state index contributed by atoms with van der Waals surface area (Å²) in [4.78, 5) is 0.104. The van der Waals surface area contributed by atoms with E-state index >= 15 is 0 Å². The van der Waals surface area contributed by atoms with E-state index in [9.17, 15) is 12.8 Å². The van der Waals surface area contributed by atoms with Crippen LogP contribution in [0.25, 0.3) is 0 Å². The predicted molar refractivity (Wildman–Crippen MR) is 82.5 cm³/mol. The van der Waals surface area contributed by atoms with Crippen LogP contribution in [-0.4, -0.2) is 26.3 Å². The maximum absolute atomic E-state index is 13.4. The fourth-order valence-electron chi connectivity index (χ4n) is 3.24. The summed E-state index contributed by atoms with van der Waals surface area (Å²) >= 11 is 0. The van der Waals surface area contributed by atoms with Gasteiger partial charge in [0.1, 0.15) is 5.82 Å². The Bertz CT molecular complexity index is 573. The van der Waals surface area contributed by atoms with Crippen LogP contribution in [0.1, 0.15) is 39.5 Å². The molecule has 0 saturated heterocycles. The summed E-state index contributed by atoms with van der Waals surface area (Å²) < 4.78 is 39.1. The molecule has 0 aliphatic heterocycles. The normalized spacial score (nSPS) is 26.7. The van der Waals surface area contributed by atoms with Gasteiger partial charge in [-0.2, -0.15) is 0 Å². The predicted octanol–water partition coefficient (Wildman–Crippen LogP) is 3.16. The molecule has 0 bridgehead atoms. The van der Waals surface area contributed by atoms with Gasteiger partial charge in [0.25, 0.3) is 0 Å². The number of hydrogen-bond donors (Lipinski definition) is 1. The lowest BCUT2D eigenvalue weighted by molar-refractivity contribution is 0.290. The van der Waals surface area contributed by atoms with Gasteiger partial charge < -0.3 is 5.32 Å². The van der Waals surface area contributed by atoms with Gasteiger partial charge in [-0.15, -0.1) is 0 Å². The van der Waals surface area contributed by atoms with Crippen LogP contribution in [0.15, 0.2) is 29.2 Å². The molecule has 1 saturated carbocycles. The highest BCUT2D eigenvalue weighted by Gasteiger charge is 2.39. The number of hydrogen-bond acceptors (Lipinski definition) is 3. The number of sulfone groups is 1. The Balaban J connectivity index is 2.33. The van der Waals surface area contributed by atoms with Crippen LogP contribution in [-0.2, 0) is 9.84 Å². The van der Waals surface area contributed by atoms with Crippen molar-refractivity contribution in [3.05, 3.63) is 30.1 Å². The van der Waals surface area contributed by atoms with E-state index in [2.05, 4.69) is 12.2 Å². The van der Waals surface area contributed by atoms with Crippen LogP contribution < -0.4 is 5.32 Å². The molecule has 0 heterocycles. The Morgan fingerprint density at radius 1 is 1.29 bits per heavy atom. The number of benzene rings is 1. The van der Waals surface area contributed by atoms with Crippen LogP contribution in [0.5, 0.6) is 0 Å². The SMILES string of the molecule is CCNC1CCC(CC)CC1S(=O)(=O)c1cccc(F)c1. The third-order valence-electron chi connectivity index (χ3n) is 4.47. The molecule has 118 valence electrons. The van der Waals surface area contributed by atoms with Crippen LogP contribution in [0, 0.1) is 11.7 Å². The smallest absolute Gasteiger partial charge is 0.182 e. The van der Waals surface area contributed by atoms with Gasteiger partial charge in [0, 0.05) is 6.04 Å². The monoisotopic (exact) mass is 313 g/mol. The average molecular weight is 313 g/mol. The summed E-state index contributed by atoms with van der Waals surface area (Å²) in [6.07, 6.45) is 3.58. The van der Waals surface area contributed by atoms with E-state index in [0.29, 0.717) is 12.3 Å². The van der Waals surface area contributed by atoms with Gasteiger partial charge in [-0.3, -0.25) is 0 Å². The maximum atomic E-state index is 13.4. The van der Waals surface area contributed by atoms with E-state index in [-0.39, 0.29) is 10.9 Å². The molecule has 1 N–H and O–H groups in total. The number of nitrogens with one attached hydrogen (secondary N) is 1. The van der Waals surface area contributed by atoms with Crippen molar-refractivity contribution in [2.24, 2.45) is 5.92 Å². The van der Waals surface area contributed by atoms with Crippen LogP contribution >= 0.6 is 0 Å². The molecule has 3 unspecified atom stereocenters. The molecule has 0 spiro atoms. The minimum atomic E-state index is -3.50. The highest BCUT2D eigenvalue weighted by Crippen LogP contribution is 2.34. The van der Waals surface area contributed by atoms with Crippen molar-refractivity contribution in [1.82, 2.24) is 5.32 Å².